The number of anilines is 5. The minimum atomic E-state index is -0.192. The molecule has 0 radical (unpaired) electrons. The van der Waals surface area contributed by atoms with E-state index in [-0.39, 0.29) is 11.5 Å². The lowest BCUT2D eigenvalue weighted by molar-refractivity contribution is 0.551. The Bertz CT molecular complexity index is 3410. The summed E-state index contributed by atoms with van der Waals surface area (Å²) in [5, 5.41) is 7.57. The normalized spacial score (nSPS) is 16.4. The van der Waals surface area contributed by atoms with Crippen LogP contribution in [0.4, 0.5) is 28.4 Å². The van der Waals surface area contributed by atoms with Gasteiger partial charge in [0.1, 0.15) is 0 Å². The topological polar surface area (TPSA) is 6.48 Å². The predicted octanol–water partition coefficient (Wildman–Crippen LogP) is 16.5. The van der Waals surface area contributed by atoms with Crippen LogP contribution in [0.3, 0.4) is 0 Å². The predicted molar refractivity (Wildman–Crippen MR) is 268 cm³/mol. The van der Waals surface area contributed by atoms with Crippen LogP contribution in [0, 0.1) is 0 Å². The Labute approximate surface area is 369 Å². The largest absolute Gasteiger partial charge is 0.333 e. The van der Waals surface area contributed by atoms with Crippen LogP contribution in [-0.4, -0.2) is 6.04 Å². The molecule has 2 unspecified atom stereocenters. The van der Waals surface area contributed by atoms with Gasteiger partial charge >= 0.3 is 0 Å². The van der Waals surface area contributed by atoms with Crippen molar-refractivity contribution in [3.8, 4) is 33.4 Å². The molecule has 2 aliphatic rings. The second-order valence-electron chi connectivity index (χ2n) is 17.1. The smallest absolute Gasteiger partial charge is 0.0655 e. The molecule has 0 aromatic heterocycles. The zero-order chi connectivity index (χ0) is 41.9. The van der Waals surface area contributed by atoms with E-state index < -0.39 is 0 Å². The lowest BCUT2D eigenvalue weighted by Gasteiger charge is -2.35. The summed E-state index contributed by atoms with van der Waals surface area (Å²) >= 11 is 0. The molecular weight excluding hydrogens is 761 g/mol. The van der Waals surface area contributed by atoms with Crippen molar-refractivity contribution in [2.75, 3.05) is 9.80 Å². The van der Waals surface area contributed by atoms with Crippen molar-refractivity contribution >= 4 is 60.8 Å². The van der Waals surface area contributed by atoms with Crippen molar-refractivity contribution in [3.63, 3.8) is 0 Å². The highest BCUT2D eigenvalue weighted by Crippen LogP contribution is 2.54. The Kier molecular flexibility index (Phi) is 8.72. The summed E-state index contributed by atoms with van der Waals surface area (Å²) < 4.78 is 0. The molecule has 10 aromatic rings. The molecule has 0 amide bonds. The summed E-state index contributed by atoms with van der Waals surface area (Å²) in [6, 6.07) is 80.3. The van der Waals surface area contributed by atoms with E-state index in [0.717, 1.165) is 17.1 Å². The average molecular weight is 805 g/mol. The van der Waals surface area contributed by atoms with Crippen LogP contribution in [0.25, 0.3) is 65.7 Å². The van der Waals surface area contributed by atoms with E-state index in [9.17, 15) is 0 Å². The van der Waals surface area contributed by atoms with Gasteiger partial charge < -0.3 is 9.80 Å². The first kappa shape index (κ1) is 36.9. The Morgan fingerprint density at radius 3 is 1.78 bits per heavy atom. The molecule has 1 heterocycles. The molecule has 63 heavy (non-hydrogen) atoms. The molecule has 0 fully saturated rings. The third-order valence-electron chi connectivity index (χ3n) is 13.5. The van der Waals surface area contributed by atoms with Crippen LogP contribution in [0.1, 0.15) is 12.5 Å². The number of hydrogen-bond acceptors (Lipinski definition) is 2. The van der Waals surface area contributed by atoms with Crippen LogP contribution >= 0.6 is 0 Å². The molecule has 1 aliphatic heterocycles. The molecule has 0 N–H and O–H groups in total. The fourth-order valence-electron chi connectivity index (χ4n) is 10.5. The van der Waals surface area contributed by atoms with E-state index in [2.05, 4.69) is 259 Å². The third-order valence-corrected chi connectivity index (χ3v) is 13.5. The van der Waals surface area contributed by atoms with Gasteiger partial charge in [-0.1, -0.05) is 188 Å². The van der Waals surface area contributed by atoms with Crippen LogP contribution in [0.15, 0.2) is 243 Å². The van der Waals surface area contributed by atoms with Crippen molar-refractivity contribution < 1.29 is 0 Å². The van der Waals surface area contributed by atoms with Gasteiger partial charge in [0.2, 0.25) is 0 Å². The van der Waals surface area contributed by atoms with Crippen molar-refractivity contribution in [3.05, 3.63) is 248 Å². The molecule has 0 spiro atoms. The summed E-state index contributed by atoms with van der Waals surface area (Å²) in [7, 11) is 0. The fourth-order valence-corrected chi connectivity index (χ4v) is 10.5. The first-order valence-electron chi connectivity index (χ1n) is 22.0. The Balaban J connectivity index is 0.974. The van der Waals surface area contributed by atoms with Gasteiger partial charge in [-0.2, -0.15) is 0 Å². The maximum absolute atomic E-state index is 2.52. The highest BCUT2D eigenvalue weighted by atomic mass is 15.2. The summed E-state index contributed by atoms with van der Waals surface area (Å²) in [4.78, 5) is 4.92. The molecule has 12 rings (SSSR count). The Morgan fingerprint density at radius 2 is 1.00 bits per heavy atom. The standard InChI is InChI=1S/C61H44N2/c1-61-40-10-9-29-59(61)63(47-19-3-2-4-20-47)58-28-14-26-55(60(58)61)45-32-37-49(38-33-45)62(50-21-11-18-46(41-50)54-24-12-17-42-15-5-7-22-51(42)54)48-35-30-44(31-36-48)53-25-13-27-56-52-23-8-6-16-43(52)34-39-57(53)56/h2-41,59H,1H3. The van der Waals surface area contributed by atoms with E-state index in [1.54, 1.807) is 0 Å². The number of nitrogens with zero attached hydrogens (tertiary/aromatic N) is 2. The summed E-state index contributed by atoms with van der Waals surface area (Å²) in [6.45, 7) is 2.39. The maximum Gasteiger partial charge on any atom is 0.0655 e. The fraction of sp³-hybridized carbons (Fsp3) is 0.0492. The molecule has 0 bridgehead atoms. The molecule has 2 heteroatoms. The quantitative estimate of drug-likeness (QED) is 0.148. The number of hydrogen-bond donors (Lipinski definition) is 0. The lowest BCUT2D eigenvalue weighted by Crippen LogP contribution is -2.39. The van der Waals surface area contributed by atoms with Crippen LogP contribution in [-0.2, 0) is 5.41 Å². The molecule has 1 aliphatic carbocycles. The number of allylic oxidation sites excluding steroid dienone is 2. The van der Waals surface area contributed by atoms with Gasteiger partial charge in [0.15, 0.2) is 0 Å². The molecule has 0 saturated carbocycles. The number of para-hydroxylation sites is 1. The van der Waals surface area contributed by atoms with E-state index in [0.29, 0.717) is 0 Å². The van der Waals surface area contributed by atoms with Gasteiger partial charge in [-0.05, 0) is 133 Å². The minimum Gasteiger partial charge on any atom is -0.333 e. The highest BCUT2D eigenvalue weighted by Gasteiger charge is 2.47. The summed E-state index contributed by atoms with van der Waals surface area (Å²) in [5.41, 5.74) is 14.3. The van der Waals surface area contributed by atoms with Crippen molar-refractivity contribution in [1.82, 2.24) is 0 Å². The van der Waals surface area contributed by atoms with Gasteiger partial charge in [0.05, 0.1) is 6.04 Å². The molecule has 298 valence electrons. The van der Waals surface area contributed by atoms with Crippen molar-refractivity contribution in [2.24, 2.45) is 0 Å². The minimum absolute atomic E-state index is 0.181. The van der Waals surface area contributed by atoms with E-state index in [1.807, 2.05) is 0 Å². The van der Waals surface area contributed by atoms with Gasteiger partial charge in [0, 0.05) is 33.9 Å². The number of rotatable bonds is 7. The summed E-state index contributed by atoms with van der Waals surface area (Å²) in [6.07, 6.45) is 9.17. The maximum atomic E-state index is 2.52. The highest BCUT2D eigenvalue weighted by molar-refractivity contribution is 6.12. The average Bonchev–Trinajstić information content (AvgIpc) is 3.63. The number of fused-ring (bicyclic) bond motifs is 7. The van der Waals surface area contributed by atoms with Crippen molar-refractivity contribution in [2.45, 2.75) is 18.4 Å². The van der Waals surface area contributed by atoms with Gasteiger partial charge in [-0.3, -0.25) is 0 Å². The van der Waals surface area contributed by atoms with Gasteiger partial charge in [0.25, 0.3) is 0 Å². The molecule has 0 saturated heterocycles. The van der Waals surface area contributed by atoms with Crippen LogP contribution in [0.2, 0.25) is 0 Å². The van der Waals surface area contributed by atoms with Crippen LogP contribution < -0.4 is 9.80 Å². The first-order chi connectivity index (χ1) is 31.1. The Hall–Kier alpha value is -7.94. The van der Waals surface area contributed by atoms with Gasteiger partial charge in [-0.25, -0.2) is 0 Å². The molecular formula is C61H44N2. The zero-order valence-electron chi connectivity index (χ0n) is 35.1. The summed E-state index contributed by atoms with van der Waals surface area (Å²) in [5.74, 6) is 0. The van der Waals surface area contributed by atoms with E-state index in [1.165, 1.54) is 82.6 Å². The zero-order valence-corrected chi connectivity index (χ0v) is 35.1. The lowest BCUT2D eigenvalue weighted by atomic mass is 9.73. The molecule has 2 nitrogen and oxygen atoms in total. The van der Waals surface area contributed by atoms with E-state index in [4.69, 9.17) is 0 Å². The molecule has 10 aromatic carbocycles. The van der Waals surface area contributed by atoms with Crippen molar-refractivity contribution in [1.29, 1.82) is 0 Å². The Morgan fingerprint density at radius 1 is 0.413 bits per heavy atom. The number of benzene rings is 10. The van der Waals surface area contributed by atoms with E-state index >= 15 is 0 Å². The van der Waals surface area contributed by atoms with Crippen LogP contribution in [0.5, 0.6) is 0 Å². The third kappa shape index (κ3) is 6.09. The van der Waals surface area contributed by atoms with Gasteiger partial charge in [-0.15, -0.1) is 0 Å². The monoisotopic (exact) mass is 804 g/mol. The molecule has 2 atom stereocenters. The second kappa shape index (κ2) is 14.9. The SMILES string of the molecule is CC12C=CC=CC1N(c1ccccc1)c1cccc(-c3ccc(N(c4ccc(-c5cccc6c5ccc5ccccc56)cc4)c4cccc(-c5cccc6ccccc56)c4)cc3)c12. The first-order valence-corrected chi connectivity index (χ1v) is 22.0. The second-order valence-corrected chi connectivity index (χ2v) is 17.1.